The molecule has 5 heteroatoms. The maximum absolute atomic E-state index is 12.0. The van der Waals surface area contributed by atoms with Crippen LogP contribution in [0, 0.1) is 13.8 Å². The van der Waals surface area contributed by atoms with E-state index in [0.717, 1.165) is 16.7 Å². The molecule has 0 bridgehead atoms. The van der Waals surface area contributed by atoms with Crippen LogP contribution >= 0.6 is 0 Å². The fourth-order valence-electron chi connectivity index (χ4n) is 2.32. The van der Waals surface area contributed by atoms with Crippen molar-refractivity contribution < 1.29 is 19.1 Å². The van der Waals surface area contributed by atoms with Crippen LogP contribution in [0.15, 0.2) is 48.5 Å². The summed E-state index contributed by atoms with van der Waals surface area (Å²) >= 11 is 0. The molecule has 0 heterocycles. The molecule has 0 saturated heterocycles. The van der Waals surface area contributed by atoms with Crippen molar-refractivity contribution in [1.82, 2.24) is 0 Å². The summed E-state index contributed by atoms with van der Waals surface area (Å²) in [7, 11) is 0. The average molecular weight is 353 g/mol. The first kappa shape index (κ1) is 19.2. The third-order valence-electron chi connectivity index (χ3n) is 3.84. The van der Waals surface area contributed by atoms with Gasteiger partial charge in [-0.05, 0) is 50.1 Å². The largest absolute Gasteiger partial charge is 0.493 e. The third kappa shape index (κ3) is 5.48. The number of para-hydroxylation sites is 1. The standard InChI is InChI=1S/C21H23NO4/c1-4-25-19-11-6-5-9-17(19)12-13-21(24)26-14-20(23)22-18-10-7-8-15(2)16(18)3/h5-13H,4,14H2,1-3H3,(H,22,23)/b13-12+. The number of ether oxygens (including phenoxy) is 2. The molecule has 5 nitrogen and oxygen atoms in total. The van der Waals surface area contributed by atoms with E-state index in [2.05, 4.69) is 5.32 Å². The van der Waals surface area contributed by atoms with Gasteiger partial charge in [-0.2, -0.15) is 0 Å². The SMILES string of the molecule is CCOc1ccccc1/C=C/C(=O)OCC(=O)Nc1cccc(C)c1C. The van der Waals surface area contributed by atoms with Gasteiger partial charge in [0.25, 0.3) is 5.91 Å². The molecule has 0 radical (unpaired) electrons. The number of hydrogen-bond donors (Lipinski definition) is 1. The van der Waals surface area contributed by atoms with Crippen LogP contribution in [0.2, 0.25) is 0 Å². The maximum Gasteiger partial charge on any atom is 0.331 e. The lowest BCUT2D eigenvalue weighted by molar-refractivity contribution is -0.142. The summed E-state index contributed by atoms with van der Waals surface area (Å²) in [6, 6.07) is 13.0. The van der Waals surface area contributed by atoms with Crippen molar-refractivity contribution in [2.45, 2.75) is 20.8 Å². The van der Waals surface area contributed by atoms with Crippen LogP contribution in [0.4, 0.5) is 5.69 Å². The van der Waals surface area contributed by atoms with Gasteiger partial charge in [0, 0.05) is 17.3 Å². The van der Waals surface area contributed by atoms with Crippen molar-refractivity contribution in [2.75, 3.05) is 18.5 Å². The number of carbonyl (C=O) groups excluding carboxylic acids is 2. The molecule has 0 aliphatic carbocycles. The maximum atomic E-state index is 12.0. The van der Waals surface area contributed by atoms with E-state index in [1.54, 1.807) is 6.08 Å². The van der Waals surface area contributed by atoms with E-state index in [-0.39, 0.29) is 12.5 Å². The molecule has 26 heavy (non-hydrogen) atoms. The van der Waals surface area contributed by atoms with Crippen LogP contribution in [0.3, 0.4) is 0 Å². The summed E-state index contributed by atoms with van der Waals surface area (Å²) in [6.45, 7) is 5.98. The highest BCUT2D eigenvalue weighted by Crippen LogP contribution is 2.19. The third-order valence-corrected chi connectivity index (χ3v) is 3.84. The van der Waals surface area contributed by atoms with Crippen LogP contribution in [-0.2, 0) is 14.3 Å². The molecule has 2 rings (SSSR count). The molecule has 0 spiro atoms. The van der Waals surface area contributed by atoms with E-state index in [1.807, 2.05) is 63.2 Å². The van der Waals surface area contributed by atoms with Gasteiger partial charge >= 0.3 is 5.97 Å². The van der Waals surface area contributed by atoms with Crippen LogP contribution in [0.1, 0.15) is 23.6 Å². The topological polar surface area (TPSA) is 64.6 Å². The van der Waals surface area contributed by atoms with Crippen molar-refractivity contribution in [3.8, 4) is 5.75 Å². The molecule has 2 aromatic carbocycles. The van der Waals surface area contributed by atoms with Crippen LogP contribution in [0.5, 0.6) is 5.75 Å². The van der Waals surface area contributed by atoms with Gasteiger partial charge in [0.2, 0.25) is 0 Å². The monoisotopic (exact) mass is 353 g/mol. The molecule has 0 aliphatic rings. The van der Waals surface area contributed by atoms with Gasteiger partial charge in [-0.1, -0.05) is 30.3 Å². The van der Waals surface area contributed by atoms with Crippen LogP contribution in [-0.4, -0.2) is 25.1 Å². The van der Waals surface area contributed by atoms with Gasteiger partial charge in [0.1, 0.15) is 5.75 Å². The fourth-order valence-corrected chi connectivity index (χ4v) is 2.32. The summed E-state index contributed by atoms with van der Waals surface area (Å²) in [5, 5.41) is 2.75. The van der Waals surface area contributed by atoms with Gasteiger partial charge in [0.05, 0.1) is 6.61 Å². The number of aryl methyl sites for hydroxylation is 1. The number of hydrogen-bond acceptors (Lipinski definition) is 4. The van der Waals surface area contributed by atoms with E-state index in [0.29, 0.717) is 18.0 Å². The Morgan fingerprint density at radius 3 is 2.62 bits per heavy atom. The van der Waals surface area contributed by atoms with E-state index in [1.165, 1.54) is 6.08 Å². The predicted molar refractivity (Wildman–Crippen MR) is 102 cm³/mol. The Balaban J connectivity index is 1.88. The number of carbonyl (C=O) groups is 2. The second-order valence-corrected chi connectivity index (χ2v) is 5.71. The molecule has 1 amide bonds. The average Bonchev–Trinajstić information content (AvgIpc) is 2.63. The summed E-state index contributed by atoms with van der Waals surface area (Å²) in [6.07, 6.45) is 2.89. The zero-order valence-electron chi connectivity index (χ0n) is 15.2. The van der Waals surface area contributed by atoms with Crippen molar-refractivity contribution in [3.63, 3.8) is 0 Å². The molecule has 0 unspecified atom stereocenters. The summed E-state index contributed by atoms with van der Waals surface area (Å²) < 4.78 is 10.5. The molecule has 0 aliphatic heterocycles. The second-order valence-electron chi connectivity index (χ2n) is 5.71. The highest BCUT2D eigenvalue weighted by molar-refractivity contribution is 5.95. The lowest BCUT2D eigenvalue weighted by Gasteiger charge is -2.10. The number of esters is 1. The van der Waals surface area contributed by atoms with Crippen molar-refractivity contribution in [2.24, 2.45) is 0 Å². The van der Waals surface area contributed by atoms with Crippen LogP contribution < -0.4 is 10.1 Å². The smallest absolute Gasteiger partial charge is 0.331 e. The van der Waals surface area contributed by atoms with Gasteiger partial charge in [-0.3, -0.25) is 4.79 Å². The Bertz CT molecular complexity index is 811. The Hall–Kier alpha value is -3.08. The Morgan fingerprint density at radius 1 is 1.08 bits per heavy atom. The van der Waals surface area contributed by atoms with Crippen molar-refractivity contribution in [3.05, 3.63) is 65.2 Å². The number of benzene rings is 2. The fraction of sp³-hybridized carbons (Fsp3) is 0.238. The first-order valence-electron chi connectivity index (χ1n) is 8.44. The molecule has 0 fully saturated rings. The molecule has 0 atom stereocenters. The minimum absolute atomic E-state index is 0.344. The van der Waals surface area contributed by atoms with Crippen molar-refractivity contribution in [1.29, 1.82) is 0 Å². The molecule has 0 saturated carbocycles. The number of amides is 1. The lowest BCUT2D eigenvalue weighted by atomic mass is 10.1. The molecule has 1 N–H and O–H groups in total. The highest BCUT2D eigenvalue weighted by Gasteiger charge is 2.08. The molecule has 2 aromatic rings. The van der Waals surface area contributed by atoms with Crippen molar-refractivity contribution >= 4 is 23.6 Å². The zero-order valence-corrected chi connectivity index (χ0v) is 15.2. The van der Waals surface area contributed by atoms with E-state index in [4.69, 9.17) is 9.47 Å². The molecule has 0 aromatic heterocycles. The lowest BCUT2D eigenvalue weighted by Crippen LogP contribution is -2.20. The van der Waals surface area contributed by atoms with Gasteiger partial charge in [-0.25, -0.2) is 4.79 Å². The molecular weight excluding hydrogens is 330 g/mol. The summed E-state index contributed by atoms with van der Waals surface area (Å²) in [5.74, 6) is -0.283. The molecule has 136 valence electrons. The number of anilines is 1. The summed E-state index contributed by atoms with van der Waals surface area (Å²) in [4.78, 5) is 23.8. The first-order valence-corrected chi connectivity index (χ1v) is 8.44. The zero-order chi connectivity index (χ0) is 18.9. The van der Waals surface area contributed by atoms with Gasteiger partial charge in [-0.15, -0.1) is 0 Å². The predicted octanol–water partition coefficient (Wildman–Crippen LogP) is 3.90. The Morgan fingerprint density at radius 2 is 1.85 bits per heavy atom. The minimum atomic E-state index is -0.590. The van der Waals surface area contributed by atoms with E-state index < -0.39 is 5.97 Å². The van der Waals surface area contributed by atoms with E-state index >= 15 is 0 Å². The normalized spacial score (nSPS) is 10.6. The number of rotatable bonds is 7. The number of nitrogens with one attached hydrogen (secondary N) is 1. The van der Waals surface area contributed by atoms with E-state index in [9.17, 15) is 9.59 Å². The highest BCUT2D eigenvalue weighted by atomic mass is 16.5. The molecular formula is C21H23NO4. The minimum Gasteiger partial charge on any atom is -0.493 e. The van der Waals surface area contributed by atoms with Gasteiger partial charge in [0.15, 0.2) is 6.61 Å². The summed E-state index contributed by atoms with van der Waals surface area (Å²) in [5.41, 5.74) is 3.55. The quantitative estimate of drug-likeness (QED) is 0.606. The Kier molecular flexibility index (Phi) is 6.97. The Labute approximate surface area is 153 Å². The first-order chi connectivity index (χ1) is 12.5. The van der Waals surface area contributed by atoms with Gasteiger partial charge < -0.3 is 14.8 Å². The second kappa shape index (κ2) is 9.42. The van der Waals surface area contributed by atoms with Crippen LogP contribution in [0.25, 0.3) is 6.08 Å².